The molecular weight excluding hydrogens is 471 g/mol. The summed E-state index contributed by atoms with van der Waals surface area (Å²) < 4.78 is 0. The minimum absolute atomic E-state index is 0.259. The number of aromatic nitrogens is 6. The van der Waals surface area contributed by atoms with E-state index in [1.165, 1.54) is 10.4 Å². The van der Waals surface area contributed by atoms with Gasteiger partial charge in [-0.05, 0) is 66.3 Å². The molecule has 0 bridgehead atoms. The van der Waals surface area contributed by atoms with Gasteiger partial charge in [0.1, 0.15) is 33.5 Å². The molecule has 0 saturated carbocycles. The number of rotatable bonds is 5. The predicted octanol–water partition coefficient (Wildman–Crippen LogP) is 6.54. The highest BCUT2D eigenvalue weighted by molar-refractivity contribution is 6.34. The Hall–Kier alpha value is -3.16. The Labute approximate surface area is 207 Å². The SMILES string of the molecule is CCCc1cc(CC(C)C)c(O)c(-n2nc3ccc(Cl)cc3n2)c1.Clc1cccc2n[nH]nc12. The van der Waals surface area contributed by atoms with Gasteiger partial charge in [-0.3, -0.25) is 0 Å². The molecule has 2 heterocycles. The van der Waals surface area contributed by atoms with Gasteiger partial charge in [-0.1, -0.05) is 62.5 Å². The summed E-state index contributed by atoms with van der Waals surface area (Å²) in [5.74, 6) is 0.721. The van der Waals surface area contributed by atoms with Gasteiger partial charge in [0, 0.05) is 5.02 Å². The van der Waals surface area contributed by atoms with E-state index in [0.29, 0.717) is 27.2 Å². The normalized spacial score (nSPS) is 11.2. The summed E-state index contributed by atoms with van der Waals surface area (Å²) in [6.07, 6.45) is 2.84. The maximum Gasteiger partial charge on any atom is 0.146 e. The molecule has 0 fully saturated rings. The summed E-state index contributed by atoms with van der Waals surface area (Å²) >= 11 is 11.8. The number of nitrogens with zero attached hydrogens (tertiary/aromatic N) is 5. The maximum absolute atomic E-state index is 10.7. The second-order valence-corrected chi connectivity index (χ2v) is 9.37. The summed E-state index contributed by atoms with van der Waals surface area (Å²) in [5.41, 5.74) is 5.77. The summed E-state index contributed by atoms with van der Waals surface area (Å²) in [5, 5.41) is 31.2. The van der Waals surface area contributed by atoms with Crippen molar-refractivity contribution < 1.29 is 5.11 Å². The quantitative estimate of drug-likeness (QED) is 0.288. The molecule has 0 saturated heterocycles. The number of aromatic hydroxyl groups is 1. The Morgan fingerprint density at radius 2 is 1.76 bits per heavy atom. The van der Waals surface area contributed by atoms with E-state index in [1.807, 2.05) is 24.3 Å². The van der Waals surface area contributed by atoms with E-state index in [2.05, 4.69) is 52.4 Å². The van der Waals surface area contributed by atoms with Gasteiger partial charge in [0.25, 0.3) is 0 Å². The Kier molecular flexibility index (Phi) is 7.34. The number of benzene rings is 3. The van der Waals surface area contributed by atoms with Crippen LogP contribution in [-0.4, -0.2) is 35.5 Å². The molecule has 0 amide bonds. The van der Waals surface area contributed by atoms with Gasteiger partial charge in [-0.2, -0.15) is 15.4 Å². The lowest BCUT2D eigenvalue weighted by molar-refractivity contribution is 0.455. The number of hydrogen-bond acceptors (Lipinski definition) is 5. The summed E-state index contributed by atoms with van der Waals surface area (Å²) in [7, 11) is 0. The number of halogens is 2. The average Bonchev–Trinajstić information content (AvgIpc) is 3.43. The largest absolute Gasteiger partial charge is 0.505 e. The number of aryl methyl sites for hydroxylation is 1. The molecule has 0 atom stereocenters. The fraction of sp³-hybridized carbons (Fsp3) is 0.280. The molecule has 5 aromatic rings. The smallest absolute Gasteiger partial charge is 0.146 e. The molecular formula is C25H26Cl2N6O. The molecule has 2 aromatic heterocycles. The third kappa shape index (κ3) is 5.32. The number of H-pyrrole nitrogens is 1. The first-order valence-electron chi connectivity index (χ1n) is 11.2. The molecule has 0 spiro atoms. The van der Waals surface area contributed by atoms with Crippen LogP contribution < -0.4 is 0 Å². The van der Waals surface area contributed by atoms with Crippen molar-refractivity contribution in [3.05, 3.63) is 69.7 Å². The predicted molar refractivity (Wildman–Crippen MR) is 137 cm³/mol. The van der Waals surface area contributed by atoms with E-state index in [-0.39, 0.29) is 5.75 Å². The Bertz CT molecular complexity index is 1430. The number of hydrogen-bond donors (Lipinski definition) is 2. The van der Waals surface area contributed by atoms with Crippen LogP contribution in [0.3, 0.4) is 0 Å². The van der Waals surface area contributed by atoms with E-state index in [0.717, 1.165) is 41.4 Å². The molecule has 0 radical (unpaired) electrons. The molecule has 5 rings (SSSR count). The lowest BCUT2D eigenvalue weighted by atomic mass is 9.97. The van der Waals surface area contributed by atoms with Crippen molar-refractivity contribution >= 4 is 45.3 Å². The van der Waals surface area contributed by atoms with E-state index in [1.54, 1.807) is 18.2 Å². The fourth-order valence-corrected chi connectivity index (χ4v) is 4.13. The molecule has 7 nitrogen and oxygen atoms in total. The maximum atomic E-state index is 10.7. The first-order valence-corrected chi connectivity index (χ1v) is 11.9. The van der Waals surface area contributed by atoms with Gasteiger partial charge in [0.05, 0.1) is 5.02 Å². The van der Waals surface area contributed by atoms with Gasteiger partial charge in [0.2, 0.25) is 0 Å². The average molecular weight is 497 g/mol. The second kappa shape index (κ2) is 10.4. The zero-order chi connectivity index (χ0) is 24.2. The van der Waals surface area contributed by atoms with Gasteiger partial charge in [-0.15, -0.1) is 15.0 Å². The highest BCUT2D eigenvalue weighted by Crippen LogP contribution is 2.30. The highest BCUT2D eigenvalue weighted by Gasteiger charge is 2.15. The summed E-state index contributed by atoms with van der Waals surface area (Å²) in [6.45, 7) is 6.44. The number of phenols is 1. The monoisotopic (exact) mass is 496 g/mol. The van der Waals surface area contributed by atoms with Crippen molar-refractivity contribution in [1.82, 2.24) is 30.4 Å². The van der Waals surface area contributed by atoms with E-state index in [4.69, 9.17) is 23.2 Å². The highest BCUT2D eigenvalue weighted by atomic mass is 35.5. The minimum atomic E-state index is 0.259. The van der Waals surface area contributed by atoms with Crippen LogP contribution in [0.1, 0.15) is 38.3 Å². The van der Waals surface area contributed by atoms with Gasteiger partial charge >= 0.3 is 0 Å². The first kappa shape index (κ1) is 24.0. The number of aromatic amines is 1. The summed E-state index contributed by atoms with van der Waals surface area (Å²) in [4.78, 5) is 1.51. The molecule has 9 heteroatoms. The van der Waals surface area contributed by atoms with Crippen LogP contribution in [-0.2, 0) is 12.8 Å². The molecule has 2 N–H and O–H groups in total. The molecule has 3 aromatic carbocycles. The van der Waals surface area contributed by atoms with Crippen LogP contribution in [0.25, 0.3) is 27.8 Å². The lowest BCUT2D eigenvalue weighted by Gasteiger charge is -2.13. The molecule has 0 aliphatic carbocycles. The number of phenolic OH excluding ortho intramolecular Hbond substituents is 1. The number of para-hydroxylation sites is 1. The van der Waals surface area contributed by atoms with Crippen LogP contribution in [0.2, 0.25) is 10.0 Å². The van der Waals surface area contributed by atoms with Crippen LogP contribution >= 0.6 is 23.2 Å². The third-order valence-corrected chi connectivity index (χ3v) is 5.79. The topological polar surface area (TPSA) is 92.5 Å². The molecule has 0 aliphatic heterocycles. The van der Waals surface area contributed by atoms with Crippen LogP contribution in [0.4, 0.5) is 0 Å². The van der Waals surface area contributed by atoms with Crippen molar-refractivity contribution in [2.24, 2.45) is 5.92 Å². The van der Waals surface area contributed by atoms with Crippen molar-refractivity contribution in [1.29, 1.82) is 0 Å². The van der Waals surface area contributed by atoms with Crippen molar-refractivity contribution in [3.63, 3.8) is 0 Å². The van der Waals surface area contributed by atoms with E-state index in [9.17, 15) is 5.11 Å². The van der Waals surface area contributed by atoms with Gasteiger partial charge < -0.3 is 5.11 Å². The Balaban J connectivity index is 0.000000226. The first-order chi connectivity index (χ1) is 16.4. The van der Waals surface area contributed by atoms with Gasteiger partial charge in [0.15, 0.2) is 0 Å². The van der Waals surface area contributed by atoms with Gasteiger partial charge in [-0.25, -0.2) is 0 Å². The van der Waals surface area contributed by atoms with Crippen molar-refractivity contribution in [3.8, 4) is 11.4 Å². The zero-order valence-corrected chi connectivity index (χ0v) is 20.8. The zero-order valence-electron chi connectivity index (χ0n) is 19.3. The Morgan fingerprint density at radius 3 is 2.50 bits per heavy atom. The minimum Gasteiger partial charge on any atom is -0.505 e. The number of fused-ring (bicyclic) bond motifs is 2. The molecule has 0 unspecified atom stereocenters. The molecule has 0 aliphatic rings. The van der Waals surface area contributed by atoms with Crippen LogP contribution in [0, 0.1) is 5.92 Å². The lowest BCUT2D eigenvalue weighted by Crippen LogP contribution is -2.04. The van der Waals surface area contributed by atoms with E-state index < -0.39 is 0 Å². The molecule has 176 valence electrons. The third-order valence-electron chi connectivity index (χ3n) is 5.25. The Morgan fingerprint density at radius 1 is 0.971 bits per heavy atom. The van der Waals surface area contributed by atoms with Crippen LogP contribution in [0.5, 0.6) is 5.75 Å². The standard InChI is InChI=1S/C19H22ClN3O.C6H4ClN3/c1-4-5-13-9-14(8-12(2)3)19(24)18(10-13)23-21-16-7-6-15(20)11-17(16)22-23;7-4-2-1-3-5-6(4)9-10-8-5/h6-7,9-12,24H,4-5,8H2,1-3H3;1-3H,(H,8,9,10). The number of nitrogens with one attached hydrogen (secondary N) is 1. The second-order valence-electron chi connectivity index (χ2n) is 8.52. The van der Waals surface area contributed by atoms with Crippen molar-refractivity contribution in [2.45, 2.75) is 40.0 Å². The summed E-state index contributed by atoms with van der Waals surface area (Å²) in [6, 6.07) is 15.0. The van der Waals surface area contributed by atoms with Crippen molar-refractivity contribution in [2.75, 3.05) is 0 Å². The fourth-order valence-electron chi connectivity index (χ4n) is 3.75. The molecule has 34 heavy (non-hydrogen) atoms. The van der Waals surface area contributed by atoms with Crippen LogP contribution in [0.15, 0.2) is 48.5 Å². The van der Waals surface area contributed by atoms with E-state index >= 15 is 0 Å².